The number of ether oxygens (including phenoxy) is 1. The molecule has 2 nitrogen and oxygen atoms in total. The largest absolute Gasteiger partial charge is 0.383 e. The highest BCUT2D eigenvalue weighted by Crippen LogP contribution is 2.11. The van der Waals surface area contributed by atoms with Crippen LogP contribution in [-0.4, -0.2) is 43.6 Å². The van der Waals surface area contributed by atoms with E-state index in [4.69, 9.17) is 4.74 Å². The number of likely N-dealkylation sites (N-methyl/N-ethyl adjacent to an activating group) is 1. The third-order valence-corrected chi connectivity index (χ3v) is 3.41. The van der Waals surface area contributed by atoms with Gasteiger partial charge >= 0.3 is 0 Å². The van der Waals surface area contributed by atoms with Gasteiger partial charge in [0.1, 0.15) is 0 Å². The summed E-state index contributed by atoms with van der Waals surface area (Å²) in [7, 11) is 1.77. The first-order chi connectivity index (χ1) is 6.78. The summed E-state index contributed by atoms with van der Waals surface area (Å²) < 4.78 is 5.10. The van der Waals surface area contributed by atoms with E-state index in [0.717, 1.165) is 30.9 Å². The van der Waals surface area contributed by atoms with Gasteiger partial charge in [0.15, 0.2) is 0 Å². The van der Waals surface area contributed by atoms with Gasteiger partial charge in [0.05, 0.1) is 6.61 Å². The standard InChI is InChI=1S/C11H24BrNO/c1-4-6-11(9-12)10-13(5-2)7-8-14-3/h11H,4-10H2,1-3H3. The Morgan fingerprint density at radius 3 is 2.50 bits per heavy atom. The van der Waals surface area contributed by atoms with Crippen molar-refractivity contribution in [1.29, 1.82) is 0 Å². The molecule has 0 aromatic carbocycles. The zero-order valence-electron chi connectivity index (χ0n) is 9.76. The summed E-state index contributed by atoms with van der Waals surface area (Å²) in [4.78, 5) is 2.46. The molecule has 0 aliphatic heterocycles. The maximum absolute atomic E-state index is 5.10. The van der Waals surface area contributed by atoms with Crippen molar-refractivity contribution in [1.82, 2.24) is 4.90 Å². The van der Waals surface area contributed by atoms with E-state index in [2.05, 4.69) is 34.7 Å². The minimum absolute atomic E-state index is 0.789. The van der Waals surface area contributed by atoms with E-state index in [-0.39, 0.29) is 0 Å². The maximum atomic E-state index is 5.10. The summed E-state index contributed by atoms with van der Waals surface area (Å²) in [6.45, 7) is 8.68. The Kier molecular flexibility index (Phi) is 10.2. The molecule has 0 heterocycles. The molecule has 14 heavy (non-hydrogen) atoms. The van der Waals surface area contributed by atoms with Crippen LogP contribution >= 0.6 is 15.9 Å². The van der Waals surface area contributed by atoms with Crippen LogP contribution in [0.25, 0.3) is 0 Å². The zero-order chi connectivity index (χ0) is 10.8. The molecule has 0 aliphatic rings. The highest BCUT2D eigenvalue weighted by atomic mass is 79.9. The second kappa shape index (κ2) is 9.94. The van der Waals surface area contributed by atoms with Gasteiger partial charge in [0.2, 0.25) is 0 Å². The number of hydrogen-bond acceptors (Lipinski definition) is 2. The van der Waals surface area contributed by atoms with Gasteiger partial charge in [0.25, 0.3) is 0 Å². The molecule has 0 fully saturated rings. The fourth-order valence-corrected chi connectivity index (χ4v) is 2.12. The number of methoxy groups -OCH3 is 1. The zero-order valence-corrected chi connectivity index (χ0v) is 11.3. The van der Waals surface area contributed by atoms with E-state index >= 15 is 0 Å². The maximum Gasteiger partial charge on any atom is 0.0589 e. The molecule has 0 saturated heterocycles. The van der Waals surface area contributed by atoms with Gasteiger partial charge < -0.3 is 9.64 Å². The van der Waals surface area contributed by atoms with Crippen molar-refractivity contribution >= 4 is 15.9 Å². The van der Waals surface area contributed by atoms with E-state index in [1.54, 1.807) is 7.11 Å². The van der Waals surface area contributed by atoms with Crippen LogP contribution < -0.4 is 0 Å². The van der Waals surface area contributed by atoms with E-state index in [9.17, 15) is 0 Å². The van der Waals surface area contributed by atoms with Crippen LogP contribution in [0.3, 0.4) is 0 Å². The summed E-state index contributed by atoms with van der Waals surface area (Å²) in [5, 5.41) is 1.12. The monoisotopic (exact) mass is 265 g/mol. The Hall–Kier alpha value is 0.400. The van der Waals surface area contributed by atoms with Gasteiger partial charge in [0, 0.05) is 25.5 Å². The summed E-state index contributed by atoms with van der Waals surface area (Å²) in [6, 6.07) is 0. The second-order valence-electron chi connectivity index (χ2n) is 3.70. The van der Waals surface area contributed by atoms with Crippen molar-refractivity contribution < 1.29 is 4.74 Å². The van der Waals surface area contributed by atoms with Crippen molar-refractivity contribution in [2.24, 2.45) is 5.92 Å². The molecule has 0 radical (unpaired) electrons. The predicted octanol–water partition coefficient (Wildman–Crippen LogP) is 2.77. The first-order valence-corrected chi connectivity index (χ1v) is 6.67. The molecule has 0 aromatic heterocycles. The summed E-state index contributed by atoms with van der Waals surface area (Å²) in [5.74, 6) is 0.789. The number of nitrogens with zero attached hydrogens (tertiary/aromatic N) is 1. The van der Waals surface area contributed by atoms with Crippen LogP contribution in [0.15, 0.2) is 0 Å². The lowest BCUT2D eigenvalue weighted by atomic mass is 10.1. The Morgan fingerprint density at radius 2 is 2.07 bits per heavy atom. The van der Waals surface area contributed by atoms with Crippen LogP contribution in [0.2, 0.25) is 0 Å². The molecule has 0 N–H and O–H groups in total. The van der Waals surface area contributed by atoms with Crippen molar-refractivity contribution in [2.75, 3.05) is 38.7 Å². The highest BCUT2D eigenvalue weighted by molar-refractivity contribution is 9.09. The van der Waals surface area contributed by atoms with Gasteiger partial charge in [-0.3, -0.25) is 0 Å². The Labute approximate surface area is 97.1 Å². The molecule has 1 unspecified atom stereocenters. The fraction of sp³-hybridized carbons (Fsp3) is 1.00. The molecular weight excluding hydrogens is 242 g/mol. The summed E-state index contributed by atoms with van der Waals surface area (Å²) in [6.07, 6.45) is 2.59. The quantitative estimate of drug-likeness (QED) is 0.595. The first-order valence-electron chi connectivity index (χ1n) is 5.55. The van der Waals surface area contributed by atoms with Crippen molar-refractivity contribution in [2.45, 2.75) is 26.7 Å². The molecule has 1 atom stereocenters. The smallest absolute Gasteiger partial charge is 0.0589 e. The van der Waals surface area contributed by atoms with Gasteiger partial charge in [-0.15, -0.1) is 0 Å². The third-order valence-electron chi connectivity index (χ3n) is 2.49. The average molecular weight is 266 g/mol. The van der Waals surface area contributed by atoms with E-state index in [1.807, 2.05) is 0 Å². The number of alkyl halides is 1. The van der Waals surface area contributed by atoms with Crippen molar-refractivity contribution in [3.05, 3.63) is 0 Å². The minimum atomic E-state index is 0.789. The molecule has 0 amide bonds. The number of halogens is 1. The third kappa shape index (κ3) is 6.80. The molecule has 0 saturated carbocycles. The molecule has 0 bridgehead atoms. The molecule has 0 aromatic rings. The Balaban J connectivity index is 3.75. The second-order valence-corrected chi connectivity index (χ2v) is 4.34. The van der Waals surface area contributed by atoms with E-state index in [1.165, 1.54) is 19.4 Å². The fourth-order valence-electron chi connectivity index (χ4n) is 1.59. The molecule has 86 valence electrons. The van der Waals surface area contributed by atoms with Gasteiger partial charge in [-0.05, 0) is 18.9 Å². The van der Waals surface area contributed by atoms with Crippen LogP contribution in [0.4, 0.5) is 0 Å². The summed E-state index contributed by atoms with van der Waals surface area (Å²) in [5.41, 5.74) is 0. The lowest BCUT2D eigenvalue weighted by molar-refractivity contribution is 0.141. The predicted molar refractivity (Wildman–Crippen MR) is 66.2 cm³/mol. The Bertz CT molecular complexity index is 122. The molecule has 0 spiro atoms. The Morgan fingerprint density at radius 1 is 1.36 bits per heavy atom. The van der Waals surface area contributed by atoms with Crippen LogP contribution in [0.1, 0.15) is 26.7 Å². The topological polar surface area (TPSA) is 12.5 Å². The first kappa shape index (κ1) is 14.4. The molecule has 0 aliphatic carbocycles. The number of rotatable bonds is 9. The van der Waals surface area contributed by atoms with Crippen LogP contribution in [0.5, 0.6) is 0 Å². The summed E-state index contributed by atoms with van der Waals surface area (Å²) >= 11 is 3.58. The average Bonchev–Trinajstić information content (AvgIpc) is 2.22. The van der Waals surface area contributed by atoms with Gasteiger partial charge in [-0.25, -0.2) is 0 Å². The lowest BCUT2D eigenvalue weighted by Gasteiger charge is -2.24. The van der Waals surface area contributed by atoms with E-state index < -0.39 is 0 Å². The highest BCUT2D eigenvalue weighted by Gasteiger charge is 2.10. The lowest BCUT2D eigenvalue weighted by Crippen LogP contribution is -2.32. The minimum Gasteiger partial charge on any atom is -0.383 e. The number of hydrogen-bond donors (Lipinski definition) is 0. The van der Waals surface area contributed by atoms with Crippen molar-refractivity contribution in [3.63, 3.8) is 0 Å². The normalized spacial score (nSPS) is 13.5. The molecule has 3 heteroatoms. The van der Waals surface area contributed by atoms with Crippen LogP contribution in [0, 0.1) is 5.92 Å². The SMILES string of the molecule is CCCC(CBr)CN(CC)CCOC. The van der Waals surface area contributed by atoms with Gasteiger partial charge in [-0.2, -0.15) is 0 Å². The van der Waals surface area contributed by atoms with E-state index in [0.29, 0.717) is 0 Å². The molecule has 0 rings (SSSR count). The van der Waals surface area contributed by atoms with Crippen LogP contribution in [-0.2, 0) is 4.74 Å². The molecular formula is C11H24BrNO. The van der Waals surface area contributed by atoms with Gasteiger partial charge in [-0.1, -0.05) is 36.2 Å². The van der Waals surface area contributed by atoms with Crippen molar-refractivity contribution in [3.8, 4) is 0 Å².